The Morgan fingerprint density at radius 2 is 2.20 bits per heavy atom. The van der Waals surface area contributed by atoms with Crippen molar-refractivity contribution in [3.05, 3.63) is 29.3 Å². The van der Waals surface area contributed by atoms with Gasteiger partial charge in [0.15, 0.2) is 0 Å². The Hall–Kier alpha value is -2.02. The quantitative estimate of drug-likeness (QED) is 0.760. The van der Waals surface area contributed by atoms with Gasteiger partial charge in [-0.2, -0.15) is 5.26 Å². The van der Waals surface area contributed by atoms with Crippen LogP contribution in [0.3, 0.4) is 0 Å². The van der Waals surface area contributed by atoms with Gasteiger partial charge in [0.25, 0.3) is 0 Å². The second-order valence-electron chi connectivity index (χ2n) is 5.03. The topological polar surface area (TPSA) is 73.1 Å². The molecule has 0 saturated carbocycles. The number of nitrogens with one attached hydrogen (secondary N) is 1. The molecule has 1 atom stereocenters. The second-order valence-corrected chi connectivity index (χ2v) is 5.03. The van der Waals surface area contributed by atoms with Crippen LogP contribution in [-0.2, 0) is 4.79 Å². The first-order valence-electron chi connectivity index (χ1n) is 7.03. The standard InChI is InChI=1S/C16H22N2O2/c1-3-13(7-8-15(19)20)9-10-18-16-12(2)5-4-6-14(16)11-17/h4-6,13,18H,3,7-10H2,1-2H3,(H,19,20). The van der Waals surface area contributed by atoms with Crippen molar-refractivity contribution < 1.29 is 9.90 Å². The number of aliphatic carboxylic acids is 1. The maximum absolute atomic E-state index is 10.6. The lowest BCUT2D eigenvalue weighted by atomic mass is 9.96. The zero-order chi connectivity index (χ0) is 15.0. The molecule has 4 heteroatoms. The van der Waals surface area contributed by atoms with E-state index in [9.17, 15) is 4.79 Å². The van der Waals surface area contributed by atoms with Crippen LogP contribution >= 0.6 is 0 Å². The van der Waals surface area contributed by atoms with Crippen molar-refractivity contribution in [2.45, 2.75) is 39.5 Å². The molecule has 0 aliphatic rings. The number of hydrogen-bond donors (Lipinski definition) is 2. The molecule has 0 heterocycles. The smallest absolute Gasteiger partial charge is 0.303 e. The first kappa shape index (κ1) is 16.0. The van der Waals surface area contributed by atoms with Gasteiger partial charge < -0.3 is 10.4 Å². The lowest BCUT2D eigenvalue weighted by molar-refractivity contribution is -0.137. The first-order valence-corrected chi connectivity index (χ1v) is 7.03. The Balaban J connectivity index is 2.51. The number of anilines is 1. The fourth-order valence-corrected chi connectivity index (χ4v) is 2.28. The molecule has 0 bridgehead atoms. The van der Waals surface area contributed by atoms with Gasteiger partial charge in [-0.1, -0.05) is 25.5 Å². The number of para-hydroxylation sites is 1. The lowest BCUT2D eigenvalue weighted by Crippen LogP contribution is -2.11. The number of nitrogens with zero attached hydrogens (tertiary/aromatic N) is 1. The van der Waals surface area contributed by atoms with Crippen LogP contribution in [0.1, 0.15) is 43.7 Å². The molecule has 1 aromatic carbocycles. The Morgan fingerprint density at radius 3 is 2.80 bits per heavy atom. The number of carboxylic acids is 1. The average molecular weight is 274 g/mol. The fraction of sp³-hybridized carbons (Fsp3) is 0.500. The molecular weight excluding hydrogens is 252 g/mol. The summed E-state index contributed by atoms with van der Waals surface area (Å²) in [6.07, 6.45) is 2.84. The lowest BCUT2D eigenvalue weighted by Gasteiger charge is -2.16. The van der Waals surface area contributed by atoms with Gasteiger partial charge >= 0.3 is 5.97 Å². The number of nitriles is 1. The summed E-state index contributed by atoms with van der Waals surface area (Å²) in [5.74, 6) is -0.324. The largest absolute Gasteiger partial charge is 0.481 e. The molecule has 0 saturated heterocycles. The summed E-state index contributed by atoms with van der Waals surface area (Å²) < 4.78 is 0. The minimum atomic E-state index is -0.734. The molecule has 0 spiro atoms. The van der Waals surface area contributed by atoms with Crippen molar-refractivity contribution in [1.29, 1.82) is 5.26 Å². The number of benzene rings is 1. The summed E-state index contributed by atoms with van der Waals surface area (Å²) in [5.41, 5.74) is 2.61. The molecule has 0 aliphatic carbocycles. The van der Waals surface area contributed by atoms with Gasteiger partial charge in [0.2, 0.25) is 0 Å². The molecule has 4 nitrogen and oxygen atoms in total. The van der Waals surface area contributed by atoms with Crippen LogP contribution in [0.4, 0.5) is 5.69 Å². The molecule has 0 aromatic heterocycles. The maximum atomic E-state index is 10.6. The van der Waals surface area contributed by atoms with E-state index in [0.29, 0.717) is 17.9 Å². The van der Waals surface area contributed by atoms with E-state index in [0.717, 1.165) is 30.6 Å². The molecule has 0 fully saturated rings. The Labute approximate surface area is 120 Å². The molecule has 0 aliphatic heterocycles. The summed E-state index contributed by atoms with van der Waals surface area (Å²) in [6, 6.07) is 7.84. The zero-order valence-corrected chi connectivity index (χ0v) is 12.1. The predicted octanol–water partition coefficient (Wildman–Crippen LogP) is 3.56. The summed E-state index contributed by atoms with van der Waals surface area (Å²) >= 11 is 0. The molecule has 0 amide bonds. The molecule has 2 N–H and O–H groups in total. The minimum absolute atomic E-state index is 0.228. The fourth-order valence-electron chi connectivity index (χ4n) is 2.28. The van der Waals surface area contributed by atoms with Crippen LogP contribution in [0, 0.1) is 24.2 Å². The summed E-state index contributed by atoms with van der Waals surface area (Å²) in [7, 11) is 0. The van der Waals surface area contributed by atoms with Crippen LogP contribution < -0.4 is 5.32 Å². The monoisotopic (exact) mass is 274 g/mol. The summed E-state index contributed by atoms with van der Waals surface area (Å²) in [4.78, 5) is 10.6. The Morgan fingerprint density at radius 1 is 1.45 bits per heavy atom. The minimum Gasteiger partial charge on any atom is -0.481 e. The number of hydrogen-bond acceptors (Lipinski definition) is 3. The SMILES string of the molecule is CCC(CCNc1c(C)cccc1C#N)CCC(=O)O. The van der Waals surface area contributed by atoms with E-state index < -0.39 is 5.97 Å². The highest BCUT2D eigenvalue weighted by Crippen LogP contribution is 2.21. The number of carbonyl (C=O) groups is 1. The Kier molecular flexibility index (Phi) is 6.58. The molecule has 108 valence electrons. The first-order chi connectivity index (χ1) is 9.58. The second kappa shape index (κ2) is 8.21. The van der Waals surface area contributed by atoms with Gasteiger partial charge in [-0.3, -0.25) is 4.79 Å². The highest BCUT2D eigenvalue weighted by atomic mass is 16.4. The van der Waals surface area contributed by atoms with Crippen molar-refractivity contribution in [3.8, 4) is 6.07 Å². The van der Waals surface area contributed by atoms with E-state index in [1.54, 1.807) is 6.07 Å². The molecule has 1 aromatic rings. The van der Waals surface area contributed by atoms with E-state index in [2.05, 4.69) is 18.3 Å². The van der Waals surface area contributed by atoms with Gasteiger partial charge in [-0.05, 0) is 37.3 Å². The van der Waals surface area contributed by atoms with E-state index in [-0.39, 0.29) is 6.42 Å². The van der Waals surface area contributed by atoms with Crippen molar-refractivity contribution in [1.82, 2.24) is 0 Å². The normalized spacial score (nSPS) is 11.7. The number of aryl methyl sites for hydroxylation is 1. The zero-order valence-electron chi connectivity index (χ0n) is 12.1. The third kappa shape index (κ3) is 4.93. The van der Waals surface area contributed by atoms with Gasteiger partial charge in [0, 0.05) is 13.0 Å². The van der Waals surface area contributed by atoms with Crippen molar-refractivity contribution in [2.24, 2.45) is 5.92 Å². The van der Waals surface area contributed by atoms with Crippen LogP contribution in [0.15, 0.2) is 18.2 Å². The average Bonchev–Trinajstić information content (AvgIpc) is 2.43. The van der Waals surface area contributed by atoms with E-state index in [1.165, 1.54) is 0 Å². The van der Waals surface area contributed by atoms with Crippen LogP contribution in [0.25, 0.3) is 0 Å². The van der Waals surface area contributed by atoms with Gasteiger partial charge in [0.1, 0.15) is 6.07 Å². The maximum Gasteiger partial charge on any atom is 0.303 e. The van der Waals surface area contributed by atoms with Crippen LogP contribution in [0.5, 0.6) is 0 Å². The highest BCUT2D eigenvalue weighted by Gasteiger charge is 2.10. The van der Waals surface area contributed by atoms with E-state index in [1.807, 2.05) is 19.1 Å². The van der Waals surface area contributed by atoms with Crippen LogP contribution in [-0.4, -0.2) is 17.6 Å². The molecule has 1 rings (SSSR count). The predicted molar refractivity (Wildman–Crippen MR) is 79.7 cm³/mol. The Bertz CT molecular complexity index is 492. The van der Waals surface area contributed by atoms with Gasteiger partial charge in [-0.25, -0.2) is 0 Å². The molecule has 20 heavy (non-hydrogen) atoms. The number of carboxylic acid groups (broad SMARTS) is 1. The van der Waals surface area contributed by atoms with Crippen molar-refractivity contribution >= 4 is 11.7 Å². The summed E-state index contributed by atoms with van der Waals surface area (Å²) in [5, 5.41) is 21.1. The van der Waals surface area contributed by atoms with Gasteiger partial charge in [-0.15, -0.1) is 0 Å². The highest BCUT2D eigenvalue weighted by molar-refractivity contribution is 5.66. The molecule has 1 unspecified atom stereocenters. The number of rotatable bonds is 8. The van der Waals surface area contributed by atoms with Crippen molar-refractivity contribution in [3.63, 3.8) is 0 Å². The van der Waals surface area contributed by atoms with E-state index >= 15 is 0 Å². The van der Waals surface area contributed by atoms with Crippen molar-refractivity contribution in [2.75, 3.05) is 11.9 Å². The molecular formula is C16H22N2O2. The molecule has 0 radical (unpaired) electrons. The van der Waals surface area contributed by atoms with Gasteiger partial charge in [0.05, 0.1) is 11.3 Å². The summed E-state index contributed by atoms with van der Waals surface area (Å²) in [6.45, 7) is 4.82. The van der Waals surface area contributed by atoms with E-state index in [4.69, 9.17) is 10.4 Å². The van der Waals surface area contributed by atoms with Crippen LogP contribution in [0.2, 0.25) is 0 Å². The third-order valence-corrected chi connectivity index (χ3v) is 3.59. The third-order valence-electron chi connectivity index (χ3n) is 3.59.